The molecule has 0 bridgehead atoms. The van der Waals surface area contributed by atoms with Gasteiger partial charge < -0.3 is 34.8 Å². The number of thiazole rings is 1. The lowest BCUT2D eigenvalue weighted by Crippen LogP contribution is -2.71. The summed E-state index contributed by atoms with van der Waals surface area (Å²) in [4.78, 5) is 93.0. The monoisotopic (exact) mass is 1090 g/mol. The highest BCUT2D eigenvalue weighted by Crippen LogP contribution is 2.44. The van der Waals surface area contributed by atoms with Gasteiger partial charge in [0.15, 0.2) is 16.4 Å². The van der Waals surface area contributed by atoms with Crippen molar-refractivity contribution in [3.63, 3.8) is 0 Å². The molecule has 22 heteroatoms. The van der Waals surface area contributed by atoms with Crippen molar-refractivity contribution in [2.75, 3.05) is 29.7 Å². The van der Waals surface area contributed by atoms with Crippen molar-refractivity contribution in [3.8, 4) is 5.75 Å². The molecule has 2 aliphatic rings. The third-order valence-corrected chi connectivity index (χ3v) is 16.6. The third kappa shape index (κ3) is 11.9. The zero-order valence-corrected chi connectivity index (χ0v) is 44.6. The second kappa shape index (κ2) is 23.6. The van der Waals surface area contributed by atoms with E-state index in [0.717, 1.165) is 51.7 Å². The largest absolute Gasteiger partial charge is 0.497 e. The molecule has 2 amide bonds. The number of aromatic carboxylic acids is 1. The number of carbonyl (C=O) groups excluding carboxylic acids is 4. The van der Waals surface area contributed by atoms with Crippen molar-refractivity contribution in [2.45, 2.75) is 66.5 Å². The number of esters is 2. The Morgan fingerprint density at radius 1 is 0.919 bits per heavy atom. The first-order valence-corrected chi connectivity index (χ1v) is 27.7. The lowest BCUT2D eigenvalue weighted by Gasteiger charge is -2.49. The molecule has 1 saturated heterocycles. The number of fused-ring (bicyclic) bond motifs is 1. The Morgan fingerprint density at radius 2 is 1.54 bits per heavy atom. The van der Waals surface area contributed by atoms with Gasteiger partial charge in [0.05, 0.1) is 11.3 Å². The minimum absolute atomic E-state index is 0.0323. The van der Waals surface area contributed by atoms with Crippen LogP contribution in [-0.4, -0.2) is 102 Å². The molecule has 0 radical (unpaired) electrons. The summed E-state index contributed by atoms with van der Waals surface area (Å²) >= 11 is 5.46. The highest BCUT2D eigenvalue weighted by atomic mass is 32.2. The first kappa shape index (κ1) is 53.4. The number of ether oxygens (including phenoxy) is 3. The summed E-state index contributed by atoms with van der Waals surface area (Å²) in [7, 11) is 1.53. The van der Waals surface area contributed by atoms with Crippen molar-refractivity contribution >= 4 is 98.7 Å². The molecule has 1 fully saturated rings. The molecule has 2 aromatic heterocycles. The molecule has 17 nitrogen and oxygen atoms in total. The Bertz CT molecular complexity index is 3030. The molecule has 74 heavy (non-hydrogen) atoms. The Hall–Kier alpha value is -6.85. The lowest BCUT2D eigenvalue weighted by atomic mass is 9.77. The van der Waals surface area contributed by atoms with Gasteiger partial charge in [-0.2, -0.15) is 0 Å². The Balaban J connectivity index is 1.11. The normalized spacial score (nSPS) is 16.1. The zero-order valence-electron chi connectivity index (χ0n) is 40.5. The summed E-state index contributed by atoms with van der Waals surface area (Å²) in [5.74, 6) is -3.20. The number of β-lactam (4-membered cyclic amide) rings is 1. The van der Waals surface area contributed by atoms with E-state index in [4.69, 9.17) is 24.0 Å². The molecule has 4 aromatic carbocycles. The minimum Gasteiger partial charge on any atom is -0.497 e. The summed E-state index contributed by atoms with van der Waals surface area (Å²) in [5, 5.41) is 21.7. The van der Waals surface area contributed by atoms with Crippen LogP contribution in [0.4, 0.5) is 5.13 Å². The average molecular weight is 1100 g/mol. The molecule has 4 heterocycles. The number of aromatic nitrogens is 2. The van der Waals surface area contributed by atoms with E-state index in [1.54, 1.807) is 50.4 Å². The number of benzene rings is 4. The van der Waals surface area contributed by atoms with E-state index in [0.29, 0.717) is 27.8 Å². The SMILES string of the molecule is CCSC(O/N=C(\C(=O)NC1C(=O)N2C(C(=O)OCc3ccc(OC)cc3)=C(CSc3s[nH]c(=O)c3C(=O)O)CSC12)c1csc(NC(c2ccccc2)(c2ccccc2)c2ccccc2)n1)C(=O)OC(C)(C)C. The number of oxime groups is 1. The number of nitrogens with zero attached hydrogens (tertiary/aromatic N) is 3. The maximum absolute atomic E-state index is 14.8. The molecule has 2 aliphatic heterocycles. The van der Waals surface area contributed by atoms with Gasteiger partial charge in [0, 0.05) is 16.9 Å². The average Bonchev–Trinajstić information content (AvgIpc) is 4.03. The fraction of sp³-hybridized carbons (Fsp3) is 0.269. The highest BCUT2D eigenvalue weighted by molar-refractivity contribution is 8.02. The van der Waals surface area contributed by atoms with Crippen LogP contribution in [0.15, 0.2) is 146 Å². The standard InChI is InChI=1S/C52H50N6O11S5/c1-6-70-48(47(65)68-51(2,3)4)69-56-38(36-29-73-50(53-36)55-52(32-16-10-7-11-17-32,33-18-12-8-13-19-33)34-20-14-9-15-21-34)42(60)54-39-43(61)58-40(46(64)67-26-30-22-24-35(66-5)25-23-30)31(27-71-44(39)58)28-72-49-37(45(62)63)41(59)57-74-49/h7-25,29,39,44,48H,6,26-28H2,1-5H3,(H,53,55)(H,54,60)(H,57,59)(H,62,63)/b56-38-. The van der Waals surface area contributed by atoms with Gasteiger partial charge in [0.1, 0.15) is 46.3 Å². The van der Waals surface area contributed by atoms with Crippen molar-refractivity contribution in [1.29, 1.82) is 0 Å². The van der Waals surface area contributed by atoms with E-state index in [1.165, 1.54) is 35.1 Å². The van der Waals surface area contributed by atoms with Gasteiger partial charge in [-0.1, -0.05) is 127 Å². The number of hydrogen-bond donors (Lipinski definition) is 4. The van der Waals surface area contributed by atoms with E-state index in [2.05, 4.69) is 20.2 Å². The lowest BCUT2D eigenvalue weighted by molar-refractivity contribution is -0.162. The molecule has 0 aliphatic carbocycles. The van der Waals surface area contributed by atoms with Crippen LogP contribution >= 0.6 is 58.2 Å². The molecule has 384 valence electrons. The first-order chi connectivity index (χ1) is 35.6. The maximum atomic E-state index is 14.8. The Labute approximate surface area is 446 Å². The van der Waals surface area contributed by atoms with E-state index in [1.807, 2.05) is 97.9 Å². The molecular formula is C52H50N6O11S5. The fourth-order valence-electron chi connectivity index (χ4n) is 7.99. The summed E-state index contributed by atoms with van der Waals surface area (Å²) in [5.41, 5.74) is -0.817. The van der Waals surface area contributed by atoms with Gasteiger partial charge in [-0.3, -0.25) is 23.7 Å². The molecule has 0 spiro atoms. The Morgan fingerprint density at radius 3 is 2.11 bits per heavy atom. The molecule has 4 N–H and O–H groups in total. The van der Waals surface area contributed by atoms with E-state index in [9.17, 15) is 33.9 Å². The van der Waals surface area contributed by atoms with Crippen molar-refractivity contribution in [3.05, 3.63) is 176 Å². The Kier molecular flexibility index (Phi) is 17.0. The number of aromatic amines is 1. The first-order valence-electron chi connectivity index (χ1n) is 23.0. The fourth-order valence-corrected chi connectivity index (χ4v) is 12.8. The van der Waals surface area contributed by atoms with Crippen LogP contribution in [0.5, 0.6) is 5.75 Å². The summed E-state index contributed by atoms with van der Waals surface area (Å²) in [6.45, 7) is 6.84. The van der Waals surface area contributed by atoms with Crippen LogP contribution in [0.1, 0.15) is 66.0 Å². The van der Waals surface area contributed by atoms with Crippen molar-refractivity contribution in [1.82, 2.24) is 19.6 Å². The van der Waals surface area contributed by atoms with Gasteiger partial charge in [-0.15, -0.1) is 46.6 Å². The molecule has 3 unspecified atom stereocenters. The molecule has 8 rings (SSSR count). The second-order valence-corrected chi connectivity index (χ2v) is 22.8. The van der Waals surface area contributed by atoms with E-state index in [-0.39, 0.29) is 39.4 Å². The topological polar surface area (TPSA) is 228 Å². The number of carboxylic acids is 1. The molecule has 0 saturated carbocycles. The number of nitrogens with one attached hydrogen (secondary N) is 3. The number of H-pyrrole nitrogens is 1. The number of thioether (sulfide) groups is 3. The molecular weight excluding hydrogens is 1040 g/mol. The highest BCUT2D eigenvalue weighted by Gasteiger charge is 2.55. The quantitative estimate of drug-likeness (QED) is 0.0101. The predicted octanol–water partition coefficient (Wildman–Crippen LogP) is 8.34. The van der Waals surface area contributed by atoms with Crippen LogP contribution in [0.3, 0.4) is 0 Å². The molecule has 3 atom stereocenters. The van der Waals surface area contributed by atoms with Gasteiger partial charge in [0.25, 0.3) is 22.8 Å². The number of hydrogen-bond acceptors (Lipinski definition) is 18. The summed E-state index contributed by atoms with van der Waals surface area (Å²) < 4.78 is 19.3. The number of carboxylic acid groups (broad SMARTS) is 1. The smallest absolute Gasteiger partial charge is 0.361 e. The maximum Gasteiger partial charge on any atom is 0.361 e. The van der Waals surface area contributed by atoms with Gasteiger partial charge >= 0.3 is 17.9 Å². The van der Waals surface area contributed by atoms with Crippen LogP contribution in [-0.2, 0) is 45.6 Å². The van der Waals surface area contributed by atoms with Crippen molar-refractivity contribution in [2.24, 2.45) is 5.16 Å². The number of methoxy groups -OCH3 is 1. The number of rotatable bonds is 21. The van der Waals surface area contributed by atoms with Crippen molar-refractivity contribution < 1.29 is 48.1 Å². The second-order valence-electron chi connectivity index (χ2n) is 17.4. The van der Waals surface area contributed by atoms with Crippen LogP contribution < -0.4 is 20.9 Å². The van der Waals surface area contributed by atoms with Crippen LogP contribution in [0, 0.1) is 0 Å². The molecule has 6 aromatic rings. The van der Waals surface area contributed by atoms with E-state index >= 15 is 0 Å². The summed E-state index contributed by atoms with van der Waals surface area (Å²) in [6, 6.07) is 35.3. The third-order valence-electron chi connectivity index (χ3n) is 11.3. The van der Waals surface area contributed by atoms with Gasteiger partial charge in [-0.05, 0) is 66.5 Å². The number of amides is 2. The number of carbonyl (C=O) groups is 5. The van der Waals surface area contributed by atoms with Crippen LogP contribution in [0.2, 0.25) is 0 Å². The van der Waals surface area contributed by atoms with Gasteiger partial charge in [-0.25, -0.2) is 19.4 Å². The zero-order chi connectivity index (χ0) is 52.6. The van der Waals surface area contributed by atoms with E-state index < -0.39 is 68.8 Å². The predicted molar refractivity (Wildman–Crippen MR) is 288 cm³/mol. The minimum atomic E-state index is -1.40. The summed E-state index contributed by atoms with van der Waals surface area (Å²) in [6.07, 6.45) is 0. The number of anilines is 1. The van der Waals surface area contributed by atoms with Gasteiger partial charge in [0.2, 0.25) is 0 Å². The van der Waals surface area contributed by atoms with Crippen LogP contribution in [0.25, 0.3) is 0 Å².